The smallest absolute Gasteiger partial charge is 0.325 e. The number of benzene rings is 1. The van der Waals surface area contributed by atoms with Crippen LogP contribution in [0.5, 0.6) is 0 Å². The van der Waals surface area contributed by atoms with Gasteiger partial charge >= 0.3 is 6.03 Å². The second kappa shape index (κ2) is 7.05. The Morgan fingerprint density at radius 3 is 2.30 bits per heavy atom. The Bertz CT molecular complexity index is 1130. The molecule has 0 aromatic heterocycles. The molecule has 2 heterocycles. The number of nitrogens with one attached hydrogen (secondary N) is 2. The molecule has 4 amide bonds. The van der Waals surface area contributed by atoms with Gasteiger partial charge in [-0.3, -0.25) is 14.5 Å². The van der Waals surface area contributed by atoms with Gasteiger partial charge in [0.2, 0.25) is 5.91 Å². The zero-order chi connectivity index (χ0) is 22.5. The summed E-state index contributed by atoms with van der Waals surface area (Å²) in [5.74, 6) is -1.54. The zero-order valence-electron chi connectivity index (χ0n) is 16.8. The van der Waals surface area contributed by atoms with Gasteiger partial charge in [-0.15, -0.1) is 0 Å². The minimum Gasteiger partial charge on any atom is -0.348 e. The van der Waals surface area contributed by atoms with E-state index in [1.807, 2.05) is 0 Å². The first-order chi connectivity index (χ1) is 13.7. The standard InChI is InChI=1S/C18H23N3O7S2/c1-17(8-9-30(27,28)11-17)19-14(22)10-21-15(23)18(2,20-16(21)24)12-4-6-13(7-5-12)29(3,25)26/h4-7H,8-11H2,1-3H3,(H,19,22)(H,20,24)/t17-,18-/m0/s1. The van der Waals surface area contributed by atoms with Crippen molar-refractivity contribution in [1.82, 2.24) is 15.5 Å². The second-order valence-corrected chi connectivity index (χ2v) is 12.4. The summed E-state index contributed by atoms with van der Waals surface area (Å²) in [6.07, 6.45) is 1.31. The van der Waals surface area contributed by atoms with Crippen LogP contribution >= 0.6 is 0 Å². The summed E-state index contributed by atoms with van der Waals surface area (Å²) in [5, 5.41) is 5.15. The molecule has 0 unspecified atom stereocenters. The maximum absolute atomic E-state index is 12.9. The fourth-order valence-electron chi connectivity index (χ4n) is 3.70. The normalized spacial score (nSPS) is 28.4. The van der Waals surface area contributed by atoms with E-state index >= 15 is 0 Å². The summed E-state index contributed by atoms with van der Waals surface area (Å²) in [6.45, 7) is 2.51. The molecule has 2 atom stereocenters. The summed E-state index contributed by atoms with van der Waals surface area (Å²) in [5.41, 5.74) is -2.04. The highest BCUT2D eigenvalue weighted by Gasteiger charge is 2.50. The van der Waals surface area contributed by atoms with Gasteiger partial charge in [-0.1, -0.05) is 12.1 Å². The Balaban J connectivity index is 1.75. The highest BCUT2D eigenvalue weighted by Crippen LogP contribution is 2.30. The number of urea groups is 1. The molecule has 2 aliphatic rings. The first-order valence-corrected chi connectivity index (χ1v) is 12.8. The Labute approximate surface area is 174 Å². The van der Waals surface area contributed by atoms with E-state index in [1.54, 1.807) is 6.92 Å². The summed E-state index contributed by atoms with van der Waals surface area (Å²) in [6, 6.07) is 4.78. The number of imide groups is 1. The molecular weight excluding hydrogens is 434 g/mol. The van der Waals surface area contributed by atoms with Crippen molar-refractivity contribution in [2.24, 2.45) is 0 Å². The molecule has 1 aromatic rings. The van der Waals surface area contributed by atoms with Gasteiger partial charge in [-0.05, 0) is 38.0 Å². The zero-order valence-corrected chi connectivity index (χ0v) is 18.4. The Hall–Kier alpha value is -2.47. The van der Waals surface area contributed by atoms with Crippen molar-refractivity contribution in [3.8, 4) is 0 Å². The number of nitrogens with zero attached hydrogens (tertiary/aromatic N) is 1. The fourth-order valence-corrected chi connectivity index (χ4v) is 6.42. The van der Waals surface area contributed by atoms with Gasteiger partial charge < -0.3 is 10.6 Å². The monoisotopic (exact) mass is 457 g/mol. The third kappa shape index (κ3) is 4.19. The predicted molar refractivity (Wildman–Crippen MR) is 107 cm³/mol. The molecule has 12 heteroatoms. The molecule has 0 spiro atoms. The van der Waals surface area contributed by atoms with Gasteiger partial charge in [0.05, 0.1) is 21.9 Å². The van der Waals surface area contributed by atoms with Crippen LogP contribution in [0.4, 0.5) is 4.79 Å². The average molecular weight is 458 g/mol. The fraction of sp³-hybridized carbons (Fsp3) is 0.500. The van der Waals surface area contributed by atoms with E-state index in [9.17, 15) is 31.2 Å². The molecule has 0 aliphatic carbocycles. The molecule has 2 fully saturated rings. The molecule has 0 saturated carbocycles. The van der Waals surface area contributed by atoms with Gasteiger partial charge in [0.25, 0.3) is 5.91 Å². The molecule has 10 nitrogen and oxygen atoms in total. The molecule has 164 valence electrons. The minimum atomic E-state index is -3.42. The predicted octanol–water partition coefficient (Wildman–Crippen LogP) is -0.449. The molecule has 2 aliphatic heterocycles. The van der Waals surface area contributed by atoms with E-state index in [1.165, 1.54) is 31.2 Å². The number of rotatable bonds is 5. The summed E-state index contributed by atoms with van der Waals surface area (Å²) < 4.78 is 46.6. The van der Waals surface area contributed by atoms with Crippen LogP contribution in [-0.2, 0) is 34.8 Å². The Kier molecular flexibility index (Phi) is 5.22. The van der Waals surface area contributed by atoms with Gasteiger partial charge in [-0.2, -0.15) is 0 Å². The largest absolute Gasteiger partial charge is 0.348 e. The number of carbonyl (C=O) groups is 3. The molecule has 0 radical (unpaired) electrons. The number of amides is 4. The third-order valence-corrected chi connectivity index (χ3v) is 8.41. The van der Waals surface area contributed by atoms with Crippen molar-refractivity contribution in [3.05, 3.63) is 29.8 Å². The number of hydrogen-bond donors (Lipinski definition) is 2. The lowest BCUT2D eigenvalue weighted by Gasteiger charge is -2.25. The van der Waals surface area contributed by atoms with E-state index in [-0.39, 0.29) is 22.8 Å². The lowest BCUT2D eigenvalue weighted by atomic mass is 9.92. The molecule has 0 bridgehead atoms. The maximum atomic E-state index is 12.9. The van der Waals surface area contributed by atoms with Gasteiger partial charge in [0.1, 0.15) is 12.1 Å². The van der Waals surface area contributed by atoms with Crippen LogP contribution in [0.3, 0.4) is 0 Å². The van der Waals surface area contributed by atoms with Crippen LogP contribution in [0, 0.1) is 0 Å². The molecule has 2 saturated heterocycles. The first-order valence-electron chi connectivity index (χ1n) is 9.11. The van der Waals surface area contributed by atoms with Crippen molar-refractivity contribution in [3.63, 3.8) is 0 Å². The second-order valence-electron chi connectivity index (χ2n) is 8.19. The number of hydrogen-bond acceptors (Lipinski definition) is 7. The first kappa shape index (κ1) is 22.2. The van der Waals surface area contributed by atoms with E-state index in [0.29, 0.717) is 5.56 Å². The van der Waals surface area contributed by atoms with Crippen LogP contribution in [0.25, 0.3) is 0 Å². The van der Waals surface area contributed by atoms with Crippen molar-refractivity contribution in [2.45, 2.75) is 36.2 Å². The Morgan fingerprint density at radius 1 is 1.20 bits per heavy atom. The molecule has 3 rings (SSSR count). The van der Waals surface area contributed by atoms with Crippen LogP contribution in [-0.4, -0.2) is 69.4 Å². The highest BCUT2D eigenvalue weighted by molar-refractivity contribution is 7.91. The lowest BCUT2D eigenvalue weighted by Crippen LogP contribution is -2.51. The third-order valence-electron chi connectivity index (χ3n) is 5.38. The van der Waals surface area contributed by atoms with Crippen molar-refractivity contribution < 1.29 is 31.2 Å². The van der Waals surface area contributed by atoms with Gasteiger partial charge in [0.15, 0.2) is 19.7 Å². The van der Waals surface area contributed by atoms with E-state index in [2.05, 4.69) is 10.6 Å². The summed E-state index contributed by atoms with van der Waals surface area (Å²) >= 11 is 0. The topological polar surface area (TPSA) is 147 Å². The van der Waals surface area contributed by atoms with Crippen molar-refractivity contribution in [1.29, 1.82) is 0 Å². The van der Waals surface area contributed by atoms with Crippen molar-refractivity contribution in [2.75, 3.05) is 24.3 Å². The highest BCUT2D eigenvalue weighted by atomic mass is 32.2. The van der Waals surface area contributed by atoms with Crippen molar-refractivity contribution >= 4 is 37.5 Å². The number of sulfone groups is 2. The average Bonchev–Trinajstić information content (AvgIpc) is 3.01. The maximum Gasteiger partial charge on any atom is 0.325 e. The van der Waals surface area contributed by atoms with Gasteiger partial charge in [-0.25, -0.2) is 21.6 Å². The van der Waals surface area contributed by atoms with E-state index in [0.717, 1.165) is 11.2 Å². The van der Waals surface area contributed by atoms with Gasteiger partial charge in [0, 0.05) is 6.26 Å². The SMILES string of the molecule is C[C@]1(NC(=O)CN2C(=O)N[C@@](C)(c3ccc(S(C)(=O)=O)cc3)C2=O)CCS(=O)(=O)C1. The summed E-state index contributed by atoms with van der Waals surface area (Å²) in [4.78, 5) is 38.5. The van der Waals surface area contributed by atoms with Crippen LogP contribution < -0.4 is 10.6 Å². The van der Waals surface area contributed by atoms with Crippen LogP contribution in [0.15, 0.2) is 29.2 Å². The molecule has 2 N–H and O–H groups in total. The number of carbonyl (C=O) groups excluding carboxylic acids is 3. The van der Waals surface area contributed by atoms with E-state index < -0.39 is 55.1 Å². The molecule has 1 aromatic carbocycles. The lowest BCUT2D eigenvalue weighted by molar-refractivity contribution is -0.135. The molecule has 30 heavy (non-hydrogen) atoms. The van der Waals surface area contributed by atoms with Crippen LogP contribution in [0.2, 0.25) is 0 Å². The molecular formula is C18H23N3O7S2. The van der Waals surface area contributed by atoms with E-state index in [4.69, 9.17) is 0 Å². The minimum absolute atomic E-state index is 0.0333. The summed E-state index contributed by atoms with van der Waals surface area (Å²) in [7, 11) is -6.65. The van der Waals surface area contributed by atoms with Crippen LogP contribution in [0.1, 0.15) is 25.8 Å². The quantitative estimate of drug-likeness (QED) is 0.569. The Morgan fingerprint density at radius 2 is 1.80 bits per heavy atom.